The first kappa shape index (κ1) is 11.0. The molecule has 0 aliphatic rings. The zero-order valence-electron chi connectivity index (χ0n) is 8.02. The van der Waals surface area contributed by atoms with Crippen LogP contribution in [-0.2, 0) is 0 Å². The number of halogens is 2. The van der Waals surface area contributed by atoms with Gasteiger partial charge in [-0.05, 0) is 18.2 Å². The lowest BCUT2D eigenvalue weighted by Crippen LogP contribution is -1.93. The van der Waals surface area contributed by atoms with Gasteiger partial charge in [0.05, 0.1) is 0 Å². The number of ether oxygens (including phenoxy) is 1. The minimum atomic E-state index is 0.332. The number of nitrogen functional groups attached to an aromatic ring is 1. The van der Waals surface area contributed by atoms with Gasteiger partial charge in [0.25, 0.3) is 0 Å². The van der Waals surface area contributed by atoms with E-state index in [0.29, 0.717) is 27.5 Å². The molecule has 2 aromatic rings. The van der Waals surface area contributed by atoms with Crippen LogP contribution in [0, 0.1) is 0 Å². The van der Waals surface area contributed by atoms with Crippen LogP contribution in [-0.4, -0.2) is 9.97 Å². The average Bonchev–Trinajstić information content (AvgIpc) is 2.15. The third-order valence-electron chi connectivity index (χ3n) is 1.72. The normalized spacial score (nSPS) is 10.1. The third-order valence-corrected chi connectivity index (χ3v) is 2.16. The number of hydrogen-bond donors (Lipinski definition) is 1. The summed E-state index contributed by atoms with van der Waals surface area (Å²) in [5, 5.41) is 0.981. The van der Waals surface area contributed by atoms with E-state index in [1.54, 1.807) is 18.2 Å². The van der Waals surface area contributed by atoms with Gasteiger partial charge >= 0.3 is 0 Å². The van der Waals surface area contributed by atoms with Crippen LogP contribution >= 0.6 is 23.2 Å². The molecular formula is C10H7Cl2N3O. The van der Waals surface area contributed by atoms with Gasteiger partial charge in [-0.25, -0.2) is 9.97 Å². The van der Waals surface area contributed by atoms with Crippen molar-refractivity contribution in [1.29, 1.82) is 0 Å². The van der Waals surface area contributed by atoms with E-state index < -0.39 is 0 Å². The maximum Gasteiger partial charge on any atom is 0.224 e. The molecule has 4 nitrogen and oxygen atoms in total. The lowest BCUT2D eigenvalue weighted by molar-refractivity contribution is 0.462. The minimum absolute atomic E-state index is 0.332. The molecule has 0 spiro atoms. The molecule has 16 heavy (non-hydrogen) atoms. The number of anilines is 1. The van der Waals surface area contributed by atoms with Crippen molar-refractivity contribution in [3.8, 4) is 11.6 Å². The van der Waals surface area contributed by atoms with Crippen molar-refractivity contribution >= 4 is 29.0 Å². The van der Waals surface area contributed by atoms with Crippen molar-refractivity contribution < 1.29 is 4.74 Å². The number of aromatic nitrogens is 2. The van der Waals surface area contributed by atoms with Crippen molar-refractivity contribution in [3.63, 3.8) is 0 Å². The van der Waals surface area contributed by atoms with Gasteiger partial charge in [0.15, 0.2) is 0 Å². The molecular weight excluding hydrogens is 249 g/mol. The maximum absolute atomic E-state index is 5.83. The lowest BCUT2D eigenvalue weighted by atomic mass is 10.3. The Hall–Kier alpha value is -1.52. The second-order valence-corrected chi connectivity index (χ2v) is 3.86. The fourth-order valence-electron chi connectivity index (χ4n) is 1.12. The molecule has 0 aliphatic carbocycles. The fraction of sp³-hybridized carbons (Fsp3) is 0. The second-order valence-electron chi connectivity index (χ2n) is 2.99. The zero-order valence-corrected chi connectivity index (χ0v) is 9.53. The third kappa shape index (κ3) is 2.74. The van der Waals surface area contributed by atoms with E-state index >= 15 is 0 Å². The van der Waals surface area contributed by atoms with Crippen molar-refractivity contribution in [2.45, 2.75) is 0 Å². The second kappa shape index (κ2) is 4.55. The first-order valence-corrected chi connectivity index (χ1v) is 5.10. The zero-order chi connectivity index (χ0) is 11.5. The van der Waals surface area contributed by atoms with Crippen LogP contribution in [0.25, 0.3) is 0 Å². The number of rotatable bonds is 2. The summed E-state index contributed by atoms with van der Waals surface area (Å²) >= 11 is 11.7. The molecule has 0 unspecified atom stereocenters. The van der Waals surface area contributed by atoms with Crippen LogP contribution in [0.5, 0.6) is 11.6 Å². The highest BCUT2D eigenvalue weighted by Gasteiger charge is 2.02. The summed E-state index contributed by atoms with van der Waals surface area (Å²) in [6.45, 7) is 0. The van der Waals surface area contributed by atoms with E-state index in [-0.39, 0.29) is 0 Å². The topological polar surface area (TPSA) is 61.0 Å². The summed E-state index contributed by atoms with van der Waals surface area (Å²) in [6, 6.07) is 6.39. The first-order chi connectivity index (χ1) is 7.63. The number of hydrogen-bond acceptors (Lipinski definition) is 4. The van der Waals surface area contributed by atoms with Crippen LogP contribution < -0.4 is 10.5 Å². The van der Waals surface area contributed by atoms with Crippen LogP contribution in [0.1, 0.15) is 0 Å². The van der Waals surface area contributed by atoms with Gasteiger partial charge in [-0.1, -0.05) is 23.2 Å². The number of nitrogens with zero attached hydrogens (tertiary/aromatic N) is 2. The van der Waals surface area contributed by atoms with Crippen molar-refractivity contribution in [2.75, 3.05) is 5.73 Å². The van der Waals surface area contributed by atoms with Crippen LogP contribution in [0.2, 0.25) is 10.0 Å². The van der Waals surface area contributed by atoms with E-state index in [1.165, 1.54) is 12.4 Å². The Morgan fingerprint density at radius 1 is 1.00 bits per heavy atom. The molecule has 2 N–H and O–H groups in total. The fourth-order valence-corrected chi connectivity index (χ4v) is 1.62. The molecule has 1 aromatic carbocycles. The molecule has 0 fully saturated rings. The van der Waals surface area contributed by atoms with E-state index in [0.717, 1.165) is 0 Å². The van der Waals surface area contributed by atoms with Gasteiger partial charge in [-0.2, -0.15) is 0 Å². The molecule has 6 heteroatoms. The largest absolute Gasteiger partial charge is 0.439 e. The van der Waals surface area contributed by atoms with Crippen LogP contribution in [0.3, 0.4) is 0 Å². The quantitative estimate of drug-likeness (QED) is 0.896. The Morgan fingerprint density at radius 3 is 2.31 bits per heavy atom. The van der Waals surface area contributed by atoms with Gasteiger partial charge in [0.1, 0.15) is 17.9 Å². The average molecular weight is 256 g/mol. The summed E-state index contributed by atoms with van der Waals surface area (Å²) in [4.78, 5) is 7.65. The van der Waals surface area contributed by atoms with Gasteiger partial charge in [-0.15, -0.1) is 0 Å². The summed E-state index contributed by atoms with van der Waals surface area (Å²) in [7, 11) is 0. The van der Waals surface area contributed by atoms with Gasteiger partial charge < -0.3 is 10.5 Å². The molecule has 0 bridgehead atoms. The SMILES string of the molecule is Nc1cc(Oc2cc(Cl)cc(Cl)c2)ncn1. The predicted molar refractivity (Wildman–Crippen MR) is 63.0 cm³/mol. The number of nitrogens with two attached hydrogens (primary N) is 1. The van der Waals surface area contributed by atoms with E-state index in [1.807, 2.05) is 0 Å². The molecule has 0 aliphatic heterocycles. The molecule has 0 saturated carbocycles. The van der Waals surface area contributed by atoms with Gasteiger partial charge in [-0.3, -0.25) is 0 Å². The molecule has 1 aromatic heterocycles. The summed E-state index contributed by atoms with van der Waals surface area (Å²) in [5.74, 6) is 1.17. The van der Waals surface area contributed by atoms with Crippen LogP contribution in [0.15, 0.2) is 30.6 Å². The highest BCUT2D eigenvalue weighted by molar-refractivity contribution is 6.34. The van der Waals surface area contributed by atoms with E-state index in [4.69, 9.17) is 33.7 Å². The maximum atomic E-state index is 5.83. The molecule has 0 radical (unpaired) electrons. The Labute approximate surface area is 102 Å². The molecule has 82 valence electrons. The smallest absolute Gasteiger partial charge is 0.224 e. The standard InChI is InChI=1S/C10H7Cl2N3O/c11-6-1-7(12)3-8(2-6)16-10-4-9(13)14-5-15-10/h1-5H,(H2,13,14,15). The molecule has 0 amide bonds. The summed E-state index contributed by atoms with van der Waals surface area (Å²) in [5.41, 5.74) is 5.49. The molecule has 1 heterocycles. The lowest BCUT2D eigenvalue weighted by Gasteiger charge is -2.05. The summed E-state index contributed by atoms with van der Waals surface area (Å²) in [6.07, 6.45) is 1.32. The minimum Gasteiger partial charge on any atom is -0.439 e. The Bertz CT molecular complexity index is 499. The summed E-state index contributed by atoms with van der Waals surface area (Å²) < 4.78 is 5.42. The van der Waals surface area contributed by atoms with Crippen LogP contribution in [0.4, 0.5) is 5.82 Å². The van der Waals surface area contributed by atoms with E-state index in [9.17, 15) is 0 Å². The van der Waals surface area contributed by atoms with Crippen molar-refractivity contribution in [2.24, 2.45) is 0 Å². The Balaban J connectivity index is 2.27. The molecule has 2 rings (SSSR count). The highest BCUT2D eigenvalue weighted by atomic mass is 35.5. The highest BCUT2D eigenvalue weighted by Crippen LogP contribution is 2.27. The molecule has 0 atom stereocenters. The Kier molecular flexibility index (Phi) is 3.12. The van der Waals surface area contributed by atoms with E-state index in [2.05, 4.69) is 9.97 Å². The predicted octanol–water partition coefficient (Wildman–Crippen LogP) is 3.16. The monoisotopic (exact) mass is 255 g/mol. The molecule has 0 saturated heterocycles. The van der Waals surface area contributed by atoms with Gasteiger partial charge in [0.2, 0.25) is 5.88 Å². The first-order valence-electron chi connectivity index (χ1n) is 4.35. The Morgan fingerprint density at radius 2 is 1.69 bits per heavy atom. The van der Waals surface area contributed by atoms with Crippen molar-refractivity contribution in [1.82, 2.24) is 9.97 Å². The van der Waals surface area contributed by atoms with Crippen molar-refractivity contribution in [3.05, 3.63) is 40.6 Å². The van der Waals surface area contributed by atoms with Gasteiger partial charge in [0, 0.05) is 16.1 Å². The number of benzene rings is 1.